The van der Waals surface area contributed by atoms with E-state index in [1.807, 2.05) is 13.8 Å². The molecule has 0 spiro atoms. The molecule has 1 unspecified atom stereocenters. The minimum atomic E-state index is -3.79. The molecule has 1 aromatic rings. The predicted octanol–water partition coefficient (Wildman–Crippen LogP) is 1.46. The minimum absolute atomic E-state index is 0.0918. The van der Waals surface area contributed by atoms with Gasteiger partial charge in [0.05, 0.1) is 4.90 Å². The number of carbonyl (C=O) groups excluding carboxylic acids is 1. The molecule has 2 rings (SSSR count). The lowest BCUT2D eigenvalue weighted by molar-refractivity contribution is -0.142. The van der Waals surface area contributed by atoms with Gasteiger partial charge in [-0.3, -0.25) is 4.79 Å². The zero-order valence-corrected chi connectivity index (χ0v) is 15.2. The molecule has 0 saturated carbocycles. The van der Waals surface area contributed by atoms with Gasteiger partial charge in [-0.15, -0.1) is 0 Å². The highest BCUT2D eigenvalue weighted by Crippen LogP contribution is 2.26. The van der Waals surface area contributed by atoms with Crippen LogP contribution in [0.4, 0.5) is 0 Å². The van der Waals surface area contributed by atoms with Crippen molar-refractivity contribution in [3.05, 3.63) is 30.3 Å². The Hall–Kier alpha value is -1.93. The number of hydrogen-bond acceptors (Lipinski definition) is 4. The van der Waals surface area contributed by atoms with Crippen LogP contribution in [0.3, 0.4) is 0 Å². The maximum absolute atomic E-state index is 12.8. The first-order valence-corrected chi connectivity index (χ1v) is 9.77. The van der Waals surface area contributed by atoms with Gasteiger partial charge < -0.3 is 10.4 Å². The van der Waals surface area contributed by atoms with Crippen molar-refractivity contribution < 1.29 is 23.1 Å². The van der Waals surface area contributed by atoms with Crippen molar-refractivity contribution in [1.29, 1.82) is 0 Å². The Morgan fingerprint density at radius 3 is 2.48 bits per heavy atom. The fraction of sp³-hybridized carbons (Fsp3) is 0.529. The molecule has 1 aromatic carbocycles. The predicted molar refractivity (Wildman–Crippen MR) is 92.4 cm³/mol. The van der Waals surface area contributed by atoms with E-state index in [0.717, 1.165) is 0 Å². The highest BCUT2D eigenvalue weighted by atomic mass is 32.2. The summed E-state index contributed by atoms with van der Waals surface area (Å²) in [5.41, 5.74) is 0. The van der Waals surface area contributed by atoms with Gasteiger partial charge in [0, 0.05) is 6.54 Å². The van der Waals surface area contributed by atoms with Crippen LogP contribution in [0.1, 0.15) is 33.1 Å². The zero-order valence-electron chi connectivity index (χ0n) is 14.4. The van der Waals surface area contributed by atoms with E-state index in [1.54, 1.807) is 18.2 Å². The Bertz CT molecular complexity index is 718. The molecule has 0 aromatic heterocycles. The largest absolute Gasteiger partial charge is 0.480 e. The second-order valence-electron chi connectivity index (χ2n) is 6.62. The third-order valence-electron chi connectivity index (χ3n) is 4.18. The summed E-state index contributed by atoms with van der Waals surface area (Å²) >= 11 is 0. The van der Waals surface area contributed by atoms with Crippen LogP contribution in [0.2, 0.25) is 0 Å². The van der Waals surface area contributed by atoms with Gasteiger partial charge in [0.25, 0.3) is 0 Å². The first-order chi connectivity index (χ1) is 11.7. The maximum atomic E-state index is 12.8. The number of amides is 1. The summed E-state index contributed by atoms with van der Waals surface area (Å²) < 4.78 is 26.7. The Morgan fingerprint density at radius 1 is 1.28 bits per heavy atom. The van der Waals surface area contributed by atoms with Gasteiger partial charge in [-0.2, -0.15) is 4.31 Å². The van der Waals surface area contributed by atoms with Crippen LogP contribution in [0.25, 0.3) is 0 Å². The van der Waals surface area contributed by atoms with Crippen molar-refractivity contribution in [2.45, 2.75) is 50.1 Å². The molecular formula is C17H24N2O5S. The highest BCUT2D eigenvalue weighted by Gasteiger charge is 2.40. The van der Waals surface area contributed by atoms with E-state index < -0.39 is 34.0 Å². The van der Waals surface area contributed by atoms with E-state index in [-0.39, 0.29) is 17.4 Å². The first kappa shape index (κ1) is 19.4. The third kappa shape index (κ3) is 4.58. The first-order valence-electron chi connectivity index (χ1n) is 8.33. The number of benzene rings is 1. The van der Waals surface area contributed by atoms with Crippen LogP contribution in [-0.2, 0) is 19.6 Å². The van der Waals surface area contributed by atoms with Crippen molar-refractivity contribution in [2.24, 2.45) is 5.92 Å². The molecule has 2 N–H and O–H groups in total. The van der Waals surface area contributed by atoms with Gasteiger partial charge in [-0.05, 0) is 37.3 Å². The Labute approximate surface area is 148 Å². The number of rotatable bonds is 7. The Balaban J connectivity index is 2.18. The zero-order chi connectivity index (χ0) is 18.6. The lowest BCUT2D eigenvalue weighted by Crippen LogP contribution is -2.51. The van der Waals surface area contributed by atoms with Crippen LogP contribution in [0.15, 0.2) is 35.2 Å². The van der Waals surface area contributed by atoms with Crippen molar-refractivity contribution in [3.63, 3.8) is 0 Å². The summed E-state index contributed by atoms with van der Waals surface area (Å²) in [4.78, 5) is 24.0. The molecule has 0 radical (unpaired) electrons. The maximum Gasteiger partial charge on any atom is 0.326 e. The normalized spacial score (nSPS) is 19.7. The third-order valence-corrected chi connectivity index (χ3v) is 6.10. The number of carboxylic acid groups (broad SMARTS) is 1. The number of sulfonamides is 1. The van der Waals surface area contributed by atoms with Crippen LogP contribution in [0, 0.1) is 5.92 Å². The van der Waals surface area contributed by atoms with Gasteiger partial charge in [0.2, 0.25) is 15.9 Å². The Morgan fingerprint density at radius 2 is 1.92 bits per heavy atom. The molecule has 138 valence electrons. The summed E-state index contributed by atoms with van der Waals surface area (Å²) in [6, 6.07) is 6.05. The SMILES string of the molecule is CC(C)C[C@@H](NC(=O)C1CCCN1S(=O)(=O)c1ccccc1)C(=O)O. The van der Waals surface area contributed by atoms with Gasteiger partial charge in [0.1, 0.15) is 12.1 Å². The molecule has 1 aliphatic heterocycles. The summed E-state index contributed by atoms with van der Waals surface area (Å²) in [6.07, 6.45) is 1.23. The Kier molecular flexibility index (Phi) is 6.18. The van der Waals surface area contributed by atoms with E-state index in [2.05, 4.69) is 5.32 Å². The molecule has 0 bridgehead atoms. The number of carboxylic acids is 1. The lowest BCUT2D eigenvalue weighted by atomic mass is 10.0. The van der Waals surface area contributed by atoms with Crippen molar-refractivity contribution >= 4 is 21.9 Å². The second kappa shape index (κ2) is 7.97. The van der Waals surface area contributed by atoms with E-state index >= 15 is 0 Å². The van der Waals surface area contributed by atoms with Gasteiger partial charge in [0.15, 0.2) is 0 Å². The highest BCUT2D eigenvalue weighted by molar-refractivity contribution is 7.89. The molecule has 1 heterocycles. The summed E-state index contributed by atoms with van der Waals surface area (Å²) in [7, 11) is -3.79. The molecule has 1 fully saturated rings. The number of nitrogens with zero attached hydrogens (tertiary/aromatic N) is 1. The van der Waals surface area contributed by atoms with Crippen LogP contribution < -0.4 is 5.32 Å². The topological polar surface area (TPSA) is 104 Å². The van der Waals surface area contributed by atoms with E-state index in [9.17, 15) is 23.1 Å². The summed E-state index contributed by atoms with van der Waals surface area (Å²) in [6.45, 7) is 3.98. The quantitative estimate of drug-likeness (QED) is 0.758. The standard InChI is InChI=1S/C17H24N2O5S/c1-12(2)11-14(17(21)22)18-16(20)15-9-6-10-19(15)25(23,24)13-7-4-3-5-8-13/h3-5,7-8,12,14-15H,6,9-11H2,1-2H3,(H,18,20)(H,21,22)/t14-,15?/m1/s1. The molecule has 8 heteroatoms. The van der Waals surface area contributed by atoms with Crippen LogP contribution in [-0.4, -0.2) is 48.3 Å². The van der Waals surface area contributed by atoms with Crippen LogP contribution >= 0.6 is 0 Å². The van der Waals surface area contributed by atoms with Crippen molar-refractivity contribution in [2.75, 3.05) is 6.54 Å². The van der Waals surface area contributed by atoms with E-state index in [0.29, 0.717) is 19.3 Å². The fourth-order valence-electron chi connectivity index (χ4n) is 2.98. The molecule has 7 nitrogen and oxygen atoms in total. The monoisotopic (exact) mass is 368 g/mol. The molecule has 1 amide bonds. The van der Waals surface area contributed by atoms with Crippen molar-refractivity contribution in [3.8, 4) is 0 Å². The summed E-state index contributed by atoms with van der Waals surface area (Å²) in [5, 5.41) is 11.8. The van der Waals surface area contributed by atoms with Gasteiger partial charge in [-0.1, -0.05) is 32.0 Å². The second-order valence-corrected chi connectivity index (χ2v) is 8.51. The number of carbonyl (C=O) groups is 2. The molecule has 1 aliphatic rings. The molecule has 0 aliphatic carbocycles. The summed E-state index contributed by atoms with van der Waals surface area (Å²) in [5.74, 6) is -1.57. The minimum Gasteiger partial charge on any atom is -0.480 e. The van der Waals surface area contributed by atoms with Gasteiger partial charge >= 0.3 is 5.97 Å². The van der Waals surface area contributed by atoms with E-state index in [1.165, 1.54) is 16.4 Å². The average molecular weight is 368 g/mol. The number of aliphatic carboxylic acids is 1. The lowest BCUT2D eigenvalue weighted by Gasteiger charge is -2.25. The number of nitrogens with one attached hydrogen (secondary N) is 1. The molecule has 25 heavy (non-hydrogen) atoms. The average Bonchev–Trinajstić information content (AvgIpc) is 3.05. The smallest absolute Gasteiger partial charge is 0.326 e. The molecular weight excluding hydrogens is 344 g/mol. The van der Waals surface area contributed by atoms with Gasteiger partial charge in [-0.25, -0.2) is 13.2 Å². The molecule has 2 atom stereocenters. The molecule has 1 saturated heterocycles. The fourth-order valence-corrected chi connectivity index (χ4v) is 4.66. The number of hydrogen-bond donors (Lipinski definition) is 2. The van der Waals surface area contributed by atoms with Crippen LogP contribution in [0.5, 0.6) is 0 Å². The van der Waals surface area contributed by atoms with Crippen molar-refractivity contribution in [1.82, 2.24) is 9.62 Å². The van der Waals surface area contributed by atoms with E-state index in [4.69, 9.17) is 0 Å².